The van der Waals surface area contributed by atoms with Crippen LogP contribution in [-0.4, -0.2) is 42.5 Å². The van der Waals surface area contributed by atoms with Crippen LogP contribution in [-0.2, 0) is 4.79 Å². The molecule has 2 aliphatic rings. The van der Waals surface area contributed by atoms with Crippen molar-refractivity contribution in [3.63, 3.8) is 0 Å². The van der Waals surface area contributed by atoms with Crippen LogP contribution in [0, 0.1) is 11.8 Å². The molecule has 1 atom stereocenters. The third-order valence-electron chi connectivity index (χ3n) is 4.59. The van der Waals surface area contributed by atoms with Gasteiger partial charge in [-0.3, -0.25) is 4.79 Å². The number of benzene rings is 1. The molecular weight excluding hydrogens is 316 g/mol. The summed E-state index contributed by atoms with van der Waals surface area (Å²) >= 11 is 0. The lowest BCUT2D eigenvalue weighted by atomic mass is 10.1. The Hall–Kier alpha value is -2.08. The molecule has 1 aliphatic heterocycles. The minimum Gasteiger partial charge on any atom is -0.335 e. The number of nitrogens with one attached hydrogen (secondary N) is 3. The number of amides is 3. The summed E-state index contributed by atoms with van der Waals surface area (Å²) in [5.74, 6) is 0.762. The number of likely N-dealkylation sites (tertiary alicyclic amines) is 1. The first kappa shape index (κ1) is 17.7. The van der Waals surface area contributed by atoms with Crippen molar-refractivity contribution in [3.05, 3.63) is 24.3 Å². The zero-order chi connectivity index (χ0) is 17.8. The number of carbonyl (C=O) groups excluding carboxylic acids is 2. The number of carbonyl (C=O) groups is 2. The van der Waals surface area contributed by atoms with Crippen LogP contribution in [0.15, 0.2) is 24.3 Å². The minimum atomic E-state index is -0.171. The van der Waals surface area contributed by atoms with E-state index in [-0.39, 0.29) is 17.9 Å². The fraction of sp³-hybridized carbons (Fsp3) is 0.579. The van der Waals surface area contributed by atoms with Crippen molar-refractivity contribution in [2.75, 3.05) is 30.3 Å². The zero-order valence-electron chi connectivity index (χ0n) is 15.0. The van der Waals surface area contributed by atoms with Crippen molar-refractivity contribution in [1.29, 1.82) is 0 Å². The molecule has 6 nitrogen and oxygen atoms in total. The molecule has 1 aromatic rings. The molecule has 1 heterocycles. The first-order valence-electron chi connectivity index (χ1n) is 9.20. The van der Waals surface area contributed by atoms with Crippen molar-refractivity contribution in [3.8, 4) is 0 Å². The Kier molecular flexibility index (Phi) is 5.58. The summed E-state index contributed by atoms with van der Waals surface area (Å²) in [6.45, 7) is 7.29. The molecule has 1 aliphatic carbocycles. The summed E-state index contributed by atoms with van der Waals surface area (Å²) < 4.78 is 0. The maximum absolute atomic E-state index is 12.4. The molecule has 3 N–H and O–H groups in total. The van der Waals surface area contributed by atoms with Crippen molar-refractivity contribution in [1.82, 2.24) is 10.2 Å². The van der Waals surface area contributed by atoms with E-state index in [1.165, 1.54) is 0 Å². The van der Waals surface area contributed by atoms with E-state index in [1.54, 1.807) is 0 Å². The fourth-order valence-electron chi connectivity index (χ4n) is 3.19. The molecule has 0 aromatic heterocycles. The maximum Gasteiger partial charge on any atom is 0.319 e. The van der Waals surface area contributed by atoms with Gasteiger partial charge in [0.05, 0.1) is 5.92 Å². The van der Waals surface area contributed by atoms with Crippen LogP contribution in [0.2, 0.25) is 0 Å². The number of rotatable bonds is 6. The minimum absolute atomic E-state index is 0.0564. The van der Waals surface area contributed by atoms with Crippen molar-refractivity contribution >= 4 is 23.3 Å². The largest absolute Gasteiger partial charge is 0.335 e. The average molecular weight is 344 g/mol. The quantitative estimate of drug-likeness (QED) is 0.743. The highest BCUT2D eigenvalue weighted by molar-refractivity contribution is 5.94. The van der Waals surface area contributed by atoms with E-state index < -0.39 is 0 Å². The zero-order valence-corrected chi connectivity index (χ0v) is 15.0. The van der Waals surface area contributed by atoms with Crippen LogP contribution >= 0.6 is 0 Å². The van der Waals surface area contributed by atoms with Gasteiger partial charge in [-0.05, 0) is 56.0 Å². The molecule has 1 aromatic carbocycles. The Morgan fingerprint density at radius 2 is 1.72 bits per heavy atom. The molecule has 0 spiro atoms. The lowest BCUT2D eigenvalue weighted by Gasteiger charge is -2.18. The fourth-order valence-corrected chi connectivity index (χ4v) is 3.19. The molecule has 6 heteroatoms. The Morgan fingerprint density at radius 3 is 2.32 bits per heavy atom. The second kappa shape index (κ2) is 7.87. The average Bonchev–Trinajstić information content (AvgIpc) is 3.24. The predicted octanol–water partition coefficient (Wildman–Crippen LogP) is 2.89. The van der Waals surface area contributed by atoms with Gasteiger partial charge >= 0.3 is 6.03 Å². The van der Waals surface area contributed by atoms with Gasteiger partial charge in [0.15, 0.2) is 0 Å². The van der Waals surface area contributed by atoms with Gasteiger partial charge in [0, 0.05) is 30.5 Å². The van der Waals surface area contributed by atoms with Crippen LogP contribution in [0.3, 0.4) is 0 Å². The van der Waals surface area contributed by atoms with E-state index >= 15 is 0 Å². The molecule has 2 fully saturated rings. The first-order chi connectivity index (χ1) is 12.0. The summed E-state index contributed by atoms with van der Waals surface area (Å²) in [7, 11) is 0. The molecule has 1 saturated carbocycles. The highest BCUT2D eigenvalue weighted by Crippen LogP contribution is 2.21. The van der Waals surface area contributed by atoms with E-state index in [9.17, 15) is 9.59 Å². The first-order valence-corrected chi connectivity index (χ1v) is 9.20. The molecule has 0 bridgehead atoms. The van der Waals surface area contributed by atoms with Crippen LogP contribution in [0.25, 0.3) is 0 Å². The van der Waals surface area contributed by atoms with Crippen LogP contribution in [0.4, 0.5) is 16.2 Å². The van der Waals surface area contributed by atoms with Gasteiger partial charge in [-0.25, -0.2) is 4.79 Å². The molecule has 136 valence electrons. The molecule has 3 rings (SSSR count). The van der Waals surface area contributed by atoms with E-state index in [2.05, 4.69) is 34.7 Å². The SMILES string of the molecule is CC(C)CN1CC[C@H](C(=O)Nc2ccc(NC(=O)NC3CC3)cc2)C1. The number of hydrogen-bond donors (Lipinski definition) is 3. The van der Waals surface area contributed by atoms with Crippen molar-refractivity contribution in [2.45, 2.75) is 39.2 Å². The Labute approximate surface area is 149 Å². The third-order valence-corrected chi connectivity index (χ3v) is 4.59. The smallest absolute Gasteiger partial charge is 0.319 e. The van der Waals surface area contributed by atoms with Crippen LogP contribution in [0.1, 0.15) is 33.1 Å². The molecule has 1 saturated heterocycles. The Balaban J connectivity index is 1.46. The second-order valence-corrected chi connectivity index (χ2v) is 7.58. The van der Waals surface area contributed by atoms with Gasteiger partial charge in [0.1, 0.15) is 0 Å². The maximum atomic E-state index is 12.4. The van der Waals surface area contributed by atoms with Crippen molar-refractivity contribution < 1.29 is 9.59 Å². The highest BCUT2D eigenvalue weighted by atomic mass is 16.2. The molecule has 0 radical (unpaired) electrons. The van der Waals surface area contributed by atoms with Gasteiger partial charge in [0.25, 0.3) is 0 Å². The van der Waals surface area contributed by atoms with Gasteiger partial charge in [-0.15, -0.1) is 0 Å². The summed E-state index contributed by atoms with van der Waals surface area (Å²) in [6.07, 6.45) is 3.04. The second-order valence-electron chi connectivity index (χ2n) is 7.58. The standard InChI is InChI=1S/C19H28N4O2/c1-13(2)11-23-10-9-14(12-23)18(24)20-15-3-5-16(6-4-15)21-19(25)22-17-7-8-17/h3-6,13-14,17H,7-12H2,1-2H3,(H,20,24)(H2,21,22,25)/t14-/m0/s1. The monoisotopic (exact) mass is 344 g/mol. The Bertz CT molecular complexity index is 610. The van der Waals surface area contributed by atoms with E-state index in [1.807, 2.05) is 24.3 Å². The van der Waals surface area contributed by atoms with Crippen LogP contribution in [0.5, 0.6) is 0 Å². The van der Waals surface area contributed by atoms with E-state index in [4.69, 9.17) is 0 Å². The molecular formula is C19H28N4O2. The van der Waals surface area contributed by atoms with Gasteiger partial charge in [-0.2, -0.15) is 0 Å². The normalized spacial score (nSPS) is 20.5. The summed E-state index contributed by atoms with van der Waals surface area (Å²) in [4.78, 5) is 26.5. The van der Waals surface area contributed by atoms with Gasteiger partial charge < -0.3 is 20.9 Å². The topological polar surface area (TPSA) is 73.5 Å². The number of urea groups is 1. The molecule has 0 unspecified atom stereocenters. The van der Waals surface area contributed by atoms with E-state index in [0.717, 1.165) is 50.3 Å². The third kappa shape index (κ3) is 5.46. The highest BCUT2D eigenvalue weighted by Gasteiger charge is 2.28. The van der Waals surface area contributed by atoms with Crippen molar-refractivity contribution in [2.24, 2.45) is 11.8 Å². The van der Waals surface area contributed by atoms with E-state index in [0.29, 0.717) is 12.0 Å². The summed E-state index contributed by atoms with van der Waals surface area (Å²) in [5.41, 5.74) is 1.49. The van der Waals surface area contributed by atoms with Gasteiger partial charge in [-0.1, -0.05) is 13.8 Å². The lowest BCUT2D eigenvalue weighted by Crippen LogP contribution is -2.30. The molecule has 3 amide bonds. The van der Waals surface area contributed by atoms with Crippen LogP contribution < -0.4 is 16.0 Å². The predicted molar refractivity (Wildman–Crippen MR) is 99.6 cm³/mol. The van der Waals surface area contributed by atoms with Gasteiger partial charge in [0.2, 0.25) is 5.91 Å². The molecule has 25 heavy (non-hydrogen) atoms. The number of nitrogens with zero attached hydrogens (tertiary/aromatic N) is 1. The Morgan fingerprint density at radius 1 is 1.08 bits per heavy atom. The summed E-state index contributed by atoms with van der Waals surface area (Å²) in [6, 6.07) is 7.43. The number of anilines is 2. The number of hydrogen-bond acceptors (Lipinski definition) is 3. The summed E-state index contributed by atoms with van der Waals surface area (Å²) in [5, 5.41) is 8.67. The lowest BCUT2D eigenvalue weighted by molar-refractivity contribution is -0.119.